The Hall–Kier alpha value is -1.06. The number of nitrogens with zero attached hydrogens (tertiary/aromatic N) is 1. The SMILES string of the molecule is CC[C@@H](C)[C@H]1CCC2C3CC[C@@H]4C[C@@](OC=O)(C5=NC(C)(C)CO5)CC[C@]4(C)C3CC[C@@]21C. The lowest BCUT2D eigenvalue weighted by Gasteiger charge is -2.62. The first kappa shape index (κ1) is 23.7. The van der Waals surface area contributed by atoms with Gasteiger partial charge in [0.25, 0.3) is 6.47 Å². The molecule has 5 rings (SSSR count). The molecule has 4 fully saturated rings. The molecule has 5 aliphatic rings. The summed E-state index contributed by atoms with van der Waals surface area (Å²) in [5, 5.41) is 0. The fraction of sp³-hybridized carbons (Fsp3) is 0.931. The lowest BCUT2D eigenvalue weighted by atomic mass is 9.43. The van der Waals surface area contributed by atoms with Crippen LogP contribution in [0.5, 0.6) is 0 Å². The van der Waals surface area contributed by atoms with Crippen molar-refractivity contribution < 1.29 is 14.3 Å². The van der Waals surface area contributed by atoms with Crippen molar-refractivity contribution in [3.8, 4) is 0 Å². The van der Waals surface area contributed by atoms with Crippen LogP contribution < -0.4 is 0 Å². The number of carbonyl (C=O) groups is 1. The van der Waals surface area contributed by atoms with E-state index in [2.05, 4.69) is 41.5 Å². The van der Waals surface area contributed by atoms with Gasteiger partial charge in [0.05, 0.1) is 5.54 Å². The minimum absolute atomic E-state index is 0.227. The van der Waals surface area contributed by atoms with Crippen LogP contribution in [0.3, 0.4) is 0 Å². The second-order valence-electron chi connectivity index (χ2n) is 13.7. The number of carbonyl (C=O) groups excluding carboxylic acids is 1. The molecule has 1 heterocycles. The first-order chi connectivity index (χ1) is 15.6. The molecule has 0 bridgehead atoms. The second-order valence-corrected chi connectivity index (χ2v) is 13.7. The average Bonchev–Trinajstić information content (AvgIpc) is 3.33. The highest BCUT2D eigenvalue weighted by Gasteiger charge is 2.63. The predicted octanol–water partition coefficient (Wildman–Crippen LogP) is 6.81. The number of fused-ring (bicyclic) bond motifs is 5. The zero-order valence-electron chi connectivity index (χ0n) is 22.0. The Morgan fingerprint density at radius 3 is 2.45 bits per heavy atom. The van der Waals surface area contributed by atoms with Crippen molar-refractivity contribution in [3.05, 3.63) is 0 Å². The molecular formula is C29H47NO3. The third-order valence-corrected chi connectivity index (χ3v) is 11.7. The number of hydrogen-bond acceptors (Lipinski definition) is 4. The van der Waals surface area contributed by atoms with Gasteiger partial charge in [0.2, 0.25) is 5.90 Å². The van der Waals surface area contributed by atoms with Crippen LogP contribution in [0, 0.1) is 46.3 Å². The Bertz CT molecular complexity index is 807. The van der Waals surface area contributed by atoms with Crippen LogP contribution in [0.2, 0.25) is 0 Å². The average molecular weight is 458 g/mol. The van der Waals surface area contributed by atoms with Crippen LogP contribution in [-0.2, 0) is 14.3 Å². The fourth-order valence-corrected chi connectivity index (χ4v) is 9.75. The molecule has 0 aromatic rings. The largest absolute Gasteiger partial charge is 0.476 e. The topological polar surface area (TPSA) is 47.9 Å². The van der Waals surface area contributed by atoms with E-state index < -0.39 is 5.60 Å². The molecule has 0 saturated heterocycles. The summed E-state index contributed by atoms with van der Waals surface area (Å²) in [6.45, 7) is 15.6. The van der Waals surface area contributed by atoms with E-state index in [1.807, 2.05) is 0 Å². The van der Waals surface area contributed by atoms with Crippen LogP contribution in [0.1, 0.15) is 106 Å². The van der Waals surface area contributed by atoms with E-state index in [0.29, 0.717) is 35.7 Å². The molecule has 33 heavy (non-hydrogen) atoms. The third-order valence-electron chi connectivity index (χ3n) is 11.7. The summed E-state index contributed by atoms with van der Waals surface area (Å²) in [6.07, 6.45) is 12.5. The number of ether oxygens (including phenoxy) is 2. The molecule has 3 unspecified atom stereocenters. The lowest BCUT2D eigenvalue weighted by Crippen LogP contribution is -2.58. The van der Waals surface area contributed by atoms with Gasteiger partial charge in [0, 0.05) is 0 Å². The van der Waals surface area contributed by atoms with Gasteiger partial charge >= 0.3 is 0 Å². The van der Waals surface area contributed by atoms with Crippen LogP contribution in [0.25, 0.3) is 0 Å². The summed E-state index contributed by atoms with van der Waals surface area (Å²) >= 11 is 0. The van der Waals surface area contributed by atoms with Gasteiger partial charge in [-0.05, 0) is 118 Å². The molecule has 0 amide bonds. The van der Waals surface area contributed by atoms with E-state index in [9.17, 15) is 4.79 Å². The van der Waals surface area contributed by atoms with Crippen molar-refractivity contribution in [2.24, 2.45) is 51.3 Å². The molecule has 0 radical (unpaired) electrons. The number of rotatable bonds is 5. The first-order valence-electron chi connectivity index (χ1n) is 13.9. The second kappa shape index (κ2) is 7.98. The summed E-state index contributed by atoms with van der Waals surface area (Å²) < 4.78 is 11.9. The summed E-state index contributed by atoms with van der Waals surface area (Å²) in [4.78, 5) is 16.5. The zero-order valence-corrected chi connectivity index (χ0v) is 22.0. The molecule has 0 spiro atoms. The van der Waals surface area contributed by atoms with Gasteiger partial charge in [-0.2, -0.15) is 0 Å². The summed E-state index contributed by atoms with van der Waals surface area (Å²) in [6, 6.07) is 0. The fourth-order valence-electron chi connectivity index (χ4n) is 9.75. The highest BCUT2D eigenvalue weighted by molar-refractivity contribution is 5.88. The number of aliphatic imine (C=N–C) groups is 1. The Balaban J connectivity index is 1.39. The molecule has 4 heteroatoms. The van der Waals surface area contributed by atoms with Crippen LogP contribution in [0.4, 0.5) is 0 Å². The maximum absolute atomic E-state index is 11.6. The summed E-state index contributed by atoms with van der Waals surface area (Å²) in [7, 11) is 0. The van der Waals surface area contributed by atoms with Gasteiger partial charge in [-0.15, -0.1) is 0 Å². The molecule has 186 valence electrons. The van der Waals surface area contributed by atoms with Gasteiger partial charge in [0.1, 0.15) is 6.61 Å². The van der Waals surface area contributed by atoms with Gasteiger partial charge in [-0.25, -0.2) is 4.99 Å². The zero-order chi connectivity index (χ0) is 23.6. The van der Waals surface area contributed by atoms with E-state index in [0.717, 1.165) is 48.9 Å². The van der Waals surface area contributed by atoms with Crippen molar-refractivity contribution in [2.45, 2.75) is 117 Å². The molecule has 4 nitrogen and oxygen atoms in total. The maximum Gasteiger partial charge on any atom is 0.294 e. The van der Waals surface area contributed by atoms with Crippen molar-refractivity contribution in [2.75, 3.05) is 6.61 Å². The molecule has 0 N–H and O–H groups in total. The monoisotopic (exact) mass is 457 g/mol. The van der Waals surface area contributed by atoms with E-state index in [1.165, 1.54) is 44.9 Å². The Kier molecular flexibility index (Phi) is 5.73. The van der Waals surface area contributed by atoms with Crippen molar-refractivity contribution in [3.63, 3.8) is 0 Å². The van der Waals surface area contributed by atoms with Gasteiger partial charge in [-0.1, -0.05) is 34.1 Å². The summed E-state index contributed by atoms with van der Waals surface area (Å²) in [5.41, 5.74) is 0.0279. The van der Waals surface area contributed by atoms with Gasteiger partial charge in [0.15, 0.2) is 5.60 Å². The lowest BCUT2D eigenvalue weighted by molar-refractivity contribution is -0.162. The molecule has 4 saturated carbocycles. The van der Waals surface area contributed by atoms with Gasteiger partial charge in [-0.3, -0.25) is 4.79 Å². The number of hydrogen-bond donors (Lipinski definition) is 0. The molecule has 0 aromatic heterocycles. The van der Waals surface area contributed by atoms with Crippen LogP contribution in [-0.4, -0.2) is 30.1 Å². The van der Waals surface area contributed by atoms with E-state index in [4.69, 9.17) is 14.5 Å². The van der Waals surface area contributed by atoms with Crippen molar-refractivity contribution in [1.82, 2.24) is 0 Å². The van der Waals surface area contributed by atoms with Gasteiger partial charge < -0.3 is 9.47 Å². The molecule has 9 atom stereocenters. The predicted molar refractivity (Wildman–Crippen MR) is 132 cm³/mol. The minimum Gasteiger partial charge on any atom is -0.476 e. The third kappa shape index (κ3) is 3.51. The van der Waals surface area contributed by atoms with Crippen LogP contribution in [0.15, 0.2) is 4.99 Å². The Morgan fingerprint density at radius 1 is 1.03 bits per heavy atom. The standard InChI is InChI=1S/C29H47NO3/c1-7-19(2)22-10-11-23-21-9-8-20-16-29(33-18-31,25-30-26(3,4)17-32-25)15-14-27(20,5)24(21)12-13-28(22,23)6/h18-24H,7-17H2,1-6H3/t19-,20-,21?,22-,23?,24?,27+,28-,29-/m1/s1. The quantitative estimate of drug-likeness (QED) is 0.426. The normalized spacial score (nSPS) is 49.2. The molecule has 0 aromatic carbocycles. The maximum atomic E-state index is 11.6. The van der Waals surface area contributed by atoms with E-state index >= 15 is 0 Å². The van der Waals surface area contributed by atoms with Crippen molar-refractivity contribution in [1.29, 1.82) is 0 Å². The molecule has 4 aliphatic carbocycles. The summed E-state index contributed by atoms with van der Waals surface area (Å²) in [5.74, 6) is 5.66. The first-order valence-corrected chi connectivity index (χ1v) is 13.9. The highest BCUT2D eigenvalue weighted by Crippen LogP contribution is 2.69. The van der Waals surface area contributed by atoms with Crippen molar-refractivity contribution >= 4 is 12.4 Å². The van der Waals surface area contributed by atoms with E-state index in [1.54, 1.807) is 0 Å². The smallest absolute Gasteiger partial charge is 0.294 e. The minimum atomic E-state index is -0.648. The molecule has 1 aliphatic heterocycles. The highest BCUT2D eigenvalue weighted by atomic mass is 16.6. The molecular weight excluding hydrogens is 410 g/mol. The van der Waals surface area contributed by atoms with Crippen LogP contribution >= 0.6 is 0 Å². The Morgan fingerprint density at radius 2 is 1.79 bits per heavy atom. The Labute approximate surface area is 201 Å². The van der Waals surface area contributed by atoms with E-state index in [-0.39, 0.29) is 5.54 Å².